The Morgan fingerprint density at radius 3 is 2.67 bits per heavy atom. The minimum Gasteiger partial charge on any atom is -0.319 e. The first kappa shape index (κ1) is 13.1. The Morgan fingerprint density at radius 1 is 1.17 bits per heavy atom. The van der Waals surface area contributed by atoms with Gasteiger partial charge in [0.25, 0.3) is 5.91 Å². The summed E-state index contributed by atoms with van der Waals surface area (Å²) in [7, 11) is 0. The van der Waals surface area contributed by atoms with Crippen molar-refractivity contribution in [1.29, 1.82) is 0 Å². The molecule has 0 aliphatic heterocycles. The predicted molar refractivity (Wildman–Crippen MR) is 71.5 cm³/mol. The SMILES string of the molecule is O=C(Nc1cc(Cl)cnc1Cl)c1cccnc1Cl. The van der Waals surface area contributed by atoms with E-state index in [1.807, 2.05) is 0 Å². The van der Waals surface area contributed by atoms with E-state index in [0.29, 0.717) is 10.7 Å². The Labute approximate surface area is 118 Å². The molecule has 1 amide bonds. The fourth-order valence-corrected chi connectivity index (χ4v) is 1.77. The van der Waals surface area contributed by atoms with Gasteiger partial charge in [0.05, 0.1) is 16.3 Å². The highest BCUT2D eigenvalue weighted by atomic mass is 35.5. The maximum atomic E-state index is 11.9. The number of nitrogens with zero attached hydrogens (tertiary/aromatic N) is 2. The number of amides is 1. The zero-order chi connectivity index (χ0) is 13.1. The molecule has 4 nitrogen and oxygen atoms in total. The van der Waals surface area contributed by atoms with E-state index in [1.54, 1.807) is 12.1 Å². The summed E-state index contributed by atoms with van der Waals surface area (Å²) in [5.41, 5.74) is 0.560. The summed E-state index contributed by atoms with van der Waals surface area (Å²) in [6, 6.07) is 4.66. The maximum Gasteiger partial charge on any atom is 0.258 e. The van der Waals surface area contributed by atoms with Gasteiger partial charge in [-0.3, -0.25) is 4.79 Å². The van der Waals surface area contributed by atoms with Crippen LogP contribution in [-0.2, 0) is 0 Å². The number of carbonyl (C=O) groups excluding carboxylic acids is 1. The summed E-state index contributed by atoms with van der Waals surface area (Å²) in [6.45, 7) is 0. The summed E-state index contributed by atoms with van der Waals surface area (Å²) < 4.78 is 0. The molecule has 0 unspecified atom stereocenters. The maximum absolute atomic E-state index is 11.9. The van der Waals surface area contributed by atoms with Crippen molar-refractivity contribution in [1.82, 2.24) is 9.97 Å². The molecule has 0 saturated heterocycles. The lowest BCUT2D eigenvalue weighted by molar-refractivity contribution is 0.102. The molecule has 0 atom stereocenters. The van der Waals surface area contributed by atoms with Crippen LogP contribution in [0.1, 0.15) is 10.4 Å². The molecule has 0 aromatic carbocycles. The van der Waals surface area contributed by atoms with Crippen LogP contribution in [0, 0.1) is 0 Å². The van der Waals surface area contributed by atoms with Crippen LogP contribution in [0.15, 0.2) is 30.6 Å². The molecule has 0 radical (unpaired) electrons. The van der Waals surface area contributed by atoms with Crippen molar-refractivity contribution in [3.05, 3.63) is 51.5 Å². The van der Waals surface area contributed by atoms with Crippen LogP contribution in [0.25, 0.3) is 0 Å². The molecule has 0 aliphatic carbocycles. The number of rotatable bonds is 2. The zero-order valence-electron chi connectivity index (χ0n) is 8.82. The highest BCUT2D eigenvalue weighted by Crippen LogP contribution is 2.24. The van der Waals surface area contributed by atoms with E-state index in [2.05, 4.69) is 15.3 Å². The number of aromatic nitrogens is 2. The molecule has 1 N–H and O–H groups in total. The smallest absolute Gasteiger partial charge is 0.258 e. The number of halogens is 3. The van der Waals surface area contributed by atoms with Crippen LogP contribution in [-0.4, -0.2) is 15.9 Å². The van der Waals surface area contributed by atoms with Crippen molar-refractivity contribution in [3.63, 3.8) is 0 Å². The zero-order valence-corrected chi connectivity index (χ0v) is 11.1. The highest BCUT2D eigenvalue weighted by molar-refractivity contribution is 6.35. The summed E-state index contributed by atoms with van der Waals surface area (Å²) in [5, 5.41) is 3.19. The van der Waals surface area contributed by atoms with Crippen LogP contribution in [0.5, 0.6) is 0 Å². The quantitative estimate of drug-likeness (QED) is 0.861. The number of pyridine rings is 2. The summed E-state index contributed by atoms with van der Waals surface area (Å²) in [5.74, 6) is -0.431. The molecule has 0 bridgehead atoms. The van der Waals surface area contributed by atoms with Gasteiger partial charge in [0, 0.05) is 12.4 Å². The molecule has 0 spiro atoms. The second-order valence-corrected chi connectivity index (χ2v) is 4.44. The van der Waals surface area contributed by atoms with Crippen LogP contribution in [0.2, 0.25) is 15.3 Å². The Balaban J connectivity index is 2.27. The van der Waals surface area contributed by atoms with Crippen LogP contribution in [0.3, 0.4) is 0 Å². The van der Waals surface area contributed by atoms with Crippen molar-refractivity contribution in [2.24, 2.45) is 0 Å². The van der Waals surface area contributed by atoms with Crippen molar-refractivity contribution in [2.45, 2.75) is 0 Å². The monoisotopic (exact) mass is 301 g/mol. The van der Waals surface area contributed by atoms with Gasteiger partial charge < -0.3 is 5.32 Å². The molecule has 0 saturated carbocycles. The van der Waals surface area contributed by atoms with E-state index < -0.39 is 5.91 Å². The molecule has 2 aromatic rings. The first-order valence-corrected chi connectivity index (χ1v) is 5.94. The normalized spacial score (nSPS) is 10.2. The molecule has 0 fully saturated rings. The van der Waals surface area contributed by atoms with Crippen molar-refractivity contribution in [2.75, 3.05) is 5.32 Å². The summed E-state index contributed by atoms with van der Waals surface area (Å²) in [4.78, 5) is 19.6. The molecule has 92 valence electrons. The highest BCUT2D eigenvalue weighted by Gasteiger charge is 2.13. The molecule has 2 rings (SSSR count). The Hall–Kier alpha value is -1.36. The minimum absolute atomic E-state index is 0.112. The van der Waals surface area contributed by atoms with E-state index in [-0.39, 0.29) is 15.9 Å². The van der Waals surface area contributed by atoms with Gasteiger partial charge in [-0.15, -0.1) is 0 Å². The Morgan fingerprint density at radius 2 is 1.94 bits per heavy atom. The lowest BCUT2D eigenvalue weighted by Crippen LogP contribution is -2.13. The van der Waals surface area contributed by atoms with Gasteiger partial charge in [-0.1, -0.05) is 34.8 Å². The van der Waals surface area contributed by atoms with Crippen molar-refractivity contribution < 1.29 is 4.79 Å². The third-order valence-corrected chi connectivity index (χ3v) is 2.87. The molecule has 18 heavy (non-hydrogen) atoms. The first-order chi connectivity index (χ1) is 8.58. The van der Waals surface area contributed by atoms with Gasteiger partial charge >= 0.3 is 0 Å². The summed E-state index contributed by atoms with van der Waals surface area (Å²) >= 11 is 17.4. The lowest BCUT2D eigenvalue weighted by Gasteiger charge is -2.07. The molecule has 2 heterocycles. The second-order valence-electron chi connectivity index (χ2n) is 3.29. The largest absolute Gasteiger partial charge is 0.319 e. The van der Waals surface area contributed by atoms with Crippen LogP contribution >= 0.6 is 34.8 Å². The van der Waals surface area contributed by atoms with E-state index in [4.69, 9.17) is 34.8 Å². The topological polar surface area (TPSA) is 54.9 Å². The number of carbonyl (C=O) groups is 1. The van der Waals surface area contributed by atoms with Crippen molar-refractivity contribution >= 4 is 46.4 Å². The number of anilines is 1. The van der Waals surface area contributed by atoms with Gasteiger partial charge in [-0.05, 0) is 18.2 Å². The second kappa shape index (κ2) is 5.52. The number of hydrogen-bond acceptors (Lipinski definition) is 3. The molecular formula is C11H6Cl3N3O. The fraction of sp³-hybridized carbons (Fsp3) is 0. The van der Waals surface area contributed by atoms with Gasteiger partial charge in [-0.2, -0.15) is 0 Å². The van der Waals surface area contributed by atoms with Gasteiger partial charge in [0.1, 0.15) is 5.15 Å². The third-order valence-electron chi connectivity index (χ3n) is 2.06. The minimum atomic E-state index is -0.431. The Bertz CT molecular complexity index is 604. The third kappa shape index (κ3) is 2.90. The first-order valence-electron chi connectivity index (χ1n) is 4.81. The average molecular weight is 303 g/mol. The molecule has 2 aromatic heterocycles. The summed E-state index contributed by atoms with van der Waals surface area (Å²) in [6.07, 6.45) is 2.88. The van der Waals surface area contributed by atoms with Gasteiger partial charge in [-0.25, -0.2) is 9.97 Å². The number of nitrogens with one attached hydrogen (secondary N) is 1. The Kier molecular flexibility index (Phi) is 4.01. The van der Waals surface area contributed by atoms with E-state index >= 15 is 0 Å². The average Bonchev–Trinajstić information content (AvgIpc) is 2.34. The van der Waals surface area contributed by atoms with Crippen LogP contribution in [0.4, 0.5) is 5.69 Å². The van der Waals surface area contributed by atoms with E-state index in [1.165, 1.54) is 18.5 Å². The molecule has 7 heteroatoms. The van der Waals surface area contributed by atoms with Gasteiger partial charge in [0.15, 0.2) is 5.15 Å². The van der Waals surface area contributed by atoms with E-state index in [9.17, 15) is 4.79 Å². The lowest BCUT2D eigenvalue weighted by atomic mass is 10.2. The van der Waals surface area contributed by atoms with Crippen LogP contribution < -0.4 is 5.32 Å². The standard InChI is InChI=1S/C11H6Cl3N3O/c12-6-4-8(10(14)16-5-6)17-11(18)7-2-1-3-15-9(7)13/h1-5H,(H,17,18). The fourth-order valence-electron chi connectivity index (χ4n) is 1.26. The van der Waals surface area contributed by atoms with Crippen molar-refractivity contribution in [3.8, 4) is 0 Å². The predicted octanol–water partition coefficient (Wildman–Crippen LogP) is 3.69. The molecule has 0 aliphatic rings. The van der Waals surface area contributed by atoms with Gasteiger partial charge in [0.2, 0.25) is 0 Å². The number of hydrogen-bond donors (Lipinski definition) is 1. The van der Waals surface area contributed by atoms with E-state index in [0.717, 1.165) is 0 Å². The molecular weight excluding hydrogens is 296 g/mol.